The number of sulfonamides is 1. The molecule has 0 saturated carbocycles. The fraction of sp³-hybridized carbons (Fsp3) is 0.462. The normalized spacial score (nSPS) is 24.2. The third kappa shape index (κ3) is 5.16. The molecule has 1 N–H and O–H groups in total. The molecule has 2 aromatic carbocycles. The van der Waals surface area contributed by atoms with E-state index in [1.165, 1.54) is 0 Å². The number of aliphatic hydroxyl groups excluding tert-OH is 1. The molecule has 7 heteroatoms. The van der Waals surface area contributed by atoms with Crippen LogP contribution in [0, 0.1) is 11.8 Å². The van der Waals surface area contributed by atoms with Crippen molar-refractivity contribution in [2.45, 2.75) is 35.7 Å². The monoisotopic (exact) mass is 467 g/mol. The Balaban J connectivity index is 1.57. The topological polar surface area (TPSA) is 64.1 Å². The SMILES string of the molecule is CN(C)CC#Cc1ccc([C@@H]2[C@@H](CO)N3CCCCN(S(=O)(=O)c4ccccc4)C[C@@H]23)cc1. The maximum atomic E-state index is 13.4. The van der Waals surface area contributed by atoms with Crippen molar-refractivity contribution < 1.29 is 13.5 Å². The highest BCUT2D eigenvalue weighted by Gasteiger charge is 2.50. The van der Waals surface area contributed by atoms with Gasteiger partial charge >= 0.3 is 0 Å². The Kier molecular flexibility index (Phi) is 7.52. The molecule has 6 nitrogen and oxygen atoms in total. The van der Waals surface area contributed by atoms with Crippen LogP contribution in [0.25, 0.3) is 0 Å². The molecular weight excluding hydrogens is 434 g/mol. The lowest BCUT2D eigenvalue weighted by atomic mass is 9.74. The molecule has 33 heavy (non-hydrogen) atoms. The van der Waals surface area contributed by atoms with Crippen LogP contribution < -0.4 is 0 Å². The lowest BCUT2D eigenvalue weighted by Crippen LogP contribution is -2.67. The fourth-order valence-corrected chi connectivity index (χ4v) is 6.47. The second kappa shape index (κ2) is 10.4. The van der Waals surface area contributed by atoms with Crippen molar-refractivity contribution >= 4 is 10.0 Å². The van der Waals surface area contributed by atoms with E-state index >= 15 is 0 Å². The first-order valence-electron chi connectivity index (χ1n) is 11.6. The molecule has 0 spiro atoms. The van der Waals surface area contributed by atoms with Crippen molar-refractivity contribution in [3.63, 3.8) is 0 Å². The molecule has 0 bridgehead atoms. The molecule has 2 aliphatic heterocycles. The van der Waals surface area contributed by atoms with E-state index in [-0.39, 0.29) is 24.6 Å². The summed E-state index contributed by atoms with van der Waals surface area (Å²) in [7, 11) is 0.427. The van der Waals surface area contributed by atoms with Crippen molar-refractivity contribution in [2.75, 3.05) is 46.9 Å². The van der Waals surface area contributed by atoms with Gasteiger partial charge in [-0.1, -0.05) is 42.2 Å². The summed E-state index contributed by atoms with van der Waals surface area (Å²) in [6, 6.07) is 17.0. The van der Waals surface area contributed by atoms with Gasteiger partial charge in [-0.15, -0.1) is 0 Å². The fourth-order valence-electron chi connectivity index (χ4n) is 4.96. The number of hydrogen-bond donors (Lipinski definition) is 1. The van der Waals surface area contributed by atoms with E-state index in [1.807, 2.05) is 37.2 Å². The average Bonchev–Trinajstić information content (AvgIpc) is 2.79. The van der Waals surface area contributed by atoms with Gasteiger partial charge in [0.2, 0.25) is 10.0 Å². The summed E-state index contributed by atoms with van der Waals surface area (Å²) in [6.07, 6.45) is 1.74. The van der Waals surface area contributed by atoms with Gasteiger partial charge in [0.25, 0.3) is 0 Å². The number of fused-ring (bicyclic) bond motifs is 1. The van der Waals surface area contributed by atoms with Gasteiger partial charge in [0.1, 0.15) is 0 Å². The number of hydrogen-bond acceptors (Lipinski definition) is 5. The maximum Gasteiger partial charge on any atom is 0.243 e. The zero-order chi connectivity index (χ0) is 23.4. The molecule has 0 radical (unpaired) electrons. The highest BCUT2D eigenvalue weighted by molar-refractivity contribution is 7.89. The van der Waals surface area contributed by atoms with Crippen LogP contribution >= 0.6 is 0 Å². The average molecular weight is 468 g/mol. The minimum Gasteiger partial charge on any atom is -0.395 e. The largest absolute Gasteiger partial charge is 0.395 e. The Morgan fingerprint density at radius 3 is 2.39 bits per heavy atom. The molecule has 0 unspecified atom stereocenters. The van der Waals surface area contributed by atoms with Gasteiger partial charge in [0.15, 0.2) is 0 Å². The van der Waals surface area contributed by atoms with Gasteiger partial charge in [-0.25, -0.2) is 8.42 Å². The van der Waals surface area contributed by atoms with E-state index in [1.54, 1.807) is 28.6 Å². The van der Waals surface area contributed by atoms with Crippen LogP contribution in [0.3, 0.4) is 0 Å². The Bertz CT molecular complexity index is 1090. The minimum absolute atomic E-state index is 0.0139. The Hall–Kier alpha value is -2.21. The van der Waals surface area contributed by atoms with Crippen molar-refractivity contribution in [1.29, 1.82) is 0 Å². The molecule has 2 fully saturated rings. The van der Waals surface area contributed by atoms with Crippen LogP contribution in [0.1, 0.15) is 29.9 Å². The second-order valence-electron chi connectivity index (χ2n) is 9.13. The van der Waals surface area contributed by atoms with Crippen LogP contribution in [0.15, 0.2) is 59.5 Å². The lowest BCUT2D eigenvalue weighted by molar-refractivity contribution is -0.0553. The van der Waals surface area contributed by atoms with E-state index in [0.717, 1.165) is 30.5 Å². The lowest BCUT2D eigenvalue weighted by Gasteiger charge is -2.57. The highest BCUT2D eigenvalue weighted by atomic mass is 32.2. The Morgan fingerprint density at radius 2 is 1.73 bits per heavy atom. The highest BCUT2D eigenvalue weighted by Crippen LogP contribution is 2.42. The maximum absolute atomic E-state index is 13.4. The summed E-state index contributed by atoms with van der Waals surface area (Å²) in [5, 5.41) is 10.1. The molecule has 4 rings (SSSR count). The van der Waals surface area contributed by atoms with E-state index in [9.17, 15) is 13.5 Å². The summed E-state index contributed by atoms with van der Waals surface area (Å²) < 4.78 is 28.3. The van der Waals surface area contributed by atoms with Crippen molar-refractivity contribution in [1.82, 2.24) is 14.1 Å². The predicted molar refractivity (Wildman–Crippen MR) is 130 cm³/mol. The molecule has 2 aromatic rings. The number of rotatable bonds is 5. The van der Waals surface area contributed by atoms with Crippen molar-refractivity contribution in [2.24, 2.45) is 0 Å². The van der Waals surface area contributed by atoms with Gasteiger partial charge in [-0.2, -0.15) is 4.31 Å². The van der Waals surface area contributed by atoms with E-state index in [2.05, 4.69) is 28.9 Å². The third-order valence-electron chi connectivity index (χ3n) is 6.64. The van der Waals surface area contributed by atoms with E-state index < -0.39 is 10.0 Å². The minimum atomic E-state index is -3.56. The zero-order valence-corrected chi connectivity index (χ0v) is 20.2. The summed E-state index contributed by atoms with van der Waals surface area (Å²) in [5.74, 6) is 6.42. The summed E-state index contributed by atoms with van der Waals surface area (Å²) in [5.41, 5.74) is 2.09. The standard InChI is InChI=1S/C26H33N3O3S/c1-27(2)16-8-9-21-12-14-22(15-13-21)26-24-19-28(17-6-7-18-29(24)25(26)20-30)33(31,32)23-10-4-3-5-11-23/h3-5,10-15,24-26,30H,6-7,16-20H2,1-2H3/t24-,25+,26-/m0/s1. The van der Waals surface area contributed by atoms with Gasteiger partial charge < -0.3 is 5.11 Å². The molecule has 0 aromatic heterocycles. The molecule has 0 aliphatic carbocycles. The first-order valence-corrected chi connectivity index (χ1v) is 13.0. The number of aliphatic hydroxyl groups is 1. The molecule has 2 aliphatic rings. The summed E-state index contributed by atoms with van der Waals surface area (Å²) >= 11 is 0. The quantitative estimate of drug-likeness (QED) is 0.684. The van der Waals surface area contributed by atoms with Gasteiger partial charge in [-0.3, -0.25) is 9.80 Å². The van der Waals surface area contributed by atoms with Crippen LogP contribution in [0.5, 0.6) is 0 Å². The van der Waals surface area contributed by atoms with Crippen LogP contribution in [0.4, 0.5) is 0 Å². The second-order valence-corrected chi connectivity index (χ2v) is 11.1. The molecule has 2 heterocycles. The van der Waals surface area contributed by atoms with Crippen molar-refractivity contribution in [3.8, 4) is 11.8 Å². The third-order valence-corrected chi connectivity index (χ3v) is 8.52. The van der Waals surface area contributed by atoms with E-state index in [0.29, 0.717) is 24.5 Å². The predicted octanol–water partition coefficient (Wildman–Crippen LogP) is 2.21. The summed E-state index contributed by atoms with van der Waals surface area (Å²) in [6.45, 7) is 2.62. The Morgan fingerprint density at radius 1 is 1.03 bits per heavy atom. The van der Waals surface area contributed by atoms with Crippen LogP contribution in [-0.4, -0.2) is 86.6 Å². The van der Waals surface area contributed by atoms with Crippen LogP contribution in [0.2, 0.25) is 0 Å². The molecule has 0 amide bonds. The van der Waals surface area contributed by atoms with E-state index in [4.69, 9.17) is 0 Å². The van der Waals surface area contributed by atoms with Gasteiger partial charge in [0.05, 0.1) is 18.0 Å². The van der Waals surface area contributed by atoms with Crippen molar-refractivity contribution in [3.05, 3.63) is 65.7 Å². The van der Waals surface area contributed by atoms with Gasteiger partial charge in [-0.05, 0) is 63.3 Å². The number of nitrogens with zero attached hydrogens (tertiary/aromatic N) is 3. The summed E-state index contributed by atoms with van der Waals surface area (Å²) in [4.78, 5) is 4.66. The van der Waals surface area contributed by atoms with Gasteiger partial charge in [0, 0.05) is 36.7 Å². The Labute approximate surface area is 197 Å². The first-order chi connectivity index (χ1) is 15.9. The number of benzene rings is 2. The molecule has 2 saturated heterocycles. The zero-order valence-electron chi connectivity index (χ0n) is 19.4. The smallest absolute Gasteiger partial charge is 0.243 e. The van der Waals surface area contributed by atoms with Crippen LogP contribution in [-0.2, 0) is 10.0 Å². The molecule has 176 valence electrons. The molecule has 3 atom stereocenters. The molecular formula is C26H33N3O3S. The first kappa shape index (κ1) is 23.9.